The lowest BCUT2D eigenvalue weighted by atomic mass is 10.0. The molecule has 8 aromatic rings. The minimum atomic E-state index is 0. The van der Waals surface area contributed by atoms with E-state index in [4.69, 9.17) is 8.83 Å². The van der Waals surface area contributed by atoms with Crippen molar-refractivity contribution in [2.45, 2.75) is 21.3 Å². The number of hydrogen-bond acceptors (Lipinski definition) is 4. The highest BCUT2D eigenvalue weighted by atomic mass is 16.3. The van der Waals surface area contributed by atoms with Crippen LogP contribution in [-0.4, -0.2) is 9.97 Å². The molecule has 4 nitrogen and oxygen atoms in total. The quantitative estimate of drug-likeness (QED) is 0.206. The molecular formula is C41H34N2O2. The number of nitrogens with zero attached hydrogens (tertiary/aromatic N) is 2. The summed E-state index contributed by atoms with van der Waals surface area (Å²) in [5.74, 6) is 0. The maximum absolute atomic E-state index is 6.06. The molecule has 0 fully saturated rings. The average molecular weight is 587 g/mol. The Morgan fingerprint density at radius 2 is 0.889 bits per heavy atom. The average Bonchev–Trinajstić information content (AvgIpc) is 3.64. The van der Waals surface area contributed by atoms with Gasteiger partial charge in [-0.2, -0.15) is 0 Å². The lowest BCUT2D eigenvalue weighted by Crippen LogP contribution is -1.86. The Kier molecular flexibility index (Phi) is 7.89. The van der Waals surface area contributed by atoms with Gasteiger partial charge in [0.05, 0.1) is 11.4 Å². The summed E-state index contributed by atoms with van der Waals surface area (Å²) in [6.07, 6.45) is 3.72. The fraction of sp³-hybridized carbons (Fsp3) is 0.0732. The number of furan rings is 2. The van der Waals surface area contributed by atoms with Crippen molar-refractivity contribution in [3.8, 4) is 22.5 Å². The number of rotatable bonds is 4. The second kappa shape index (κ2) is 12.1. The Morgan fingerprint density at radius 3 is 1.27 bits per heavy atom. The first-order chi connectivity index (χ1) is 21.5. The summed E-state index contributed by atoms with van der Waals surface area (Å²) in [7, 11) is 0. The van der Waals surface area contributed by atoms with E-state index in [1.807, 2.05) is 111 Å². The monoisotopic (exact) mass is 586 g/mol. The number of para-hydroxylation sites is 4. The lowest BCUT2D eigenvalue weighted by Gasteiger charge is -2.04. The standard InChI is InChI=1S/2C20H15NO.CH4/c2*1-13(2)14-10-11-18(21-12-14)17-8-5-7-16-15-6-3-4-9-19(15)22-20(16)17;/h2*3-12H,1H2,2H3;1H4. The van der Waals surface area contributed by atoms with Crippen LogP contribution in [0.5, 0.6) is 0 Å². The van der Waals surface area contributed by atoms with Crippen LogP contribution in [-0.2, 0) is 0 Å². The van der Waals surface area contributed by atoms with Crippen molar-refractivity contribution in [1.82, 2.24) is 9.97 Å². The minimum Gasteiger partial charge on any atom is -0.455 e. The summed E-state index contributed by atoms with van der Waals surface area (Å²) < 4.78 is 12.1. The molecule has 220 valence electrons. The van der Waals surface area contributed by atoms with E-state index in [1.54, 1.807) is 0 Å². The molecule has 4 heterocycles. The van der Waals surface area contributed by atoms with Crippen LogP contribution in [0.3, 0.4) is 0 Å². The van der Waals surface area contributed by atoms with Gasteiger partial charge in [-0.15, -0.1) is 0 Å². The smallest absolute Gasteiger partial charge is 0.144 e. The molecule has 0 radical (unpaired) electrons. The summed E-state index contributed by atoms with van der Waals surface area (Å²) in [5, 5.41) is 4.52. The van der Waals surface area contributed by atoms with E-state index in [0.717, 1.165) is 88.7 Å². The minimum absolute atomic E-state index is 0. The predicted octanol–water partition coefficient (Wildman–Crippen LogP) is 12.0. The molecule has 4 aromatic carbocycles. The second-order valence-corrected chi connectivity index (χ2v) is 11.0. The zero-order valence-corrected chi connectivity index (χ0v) is 24.7. The molecule has 4 heteroatoms. The van der Waals surface area contributed by atoms with E-state index < -0.39 is 0 Å². The largest absolute Gasteiger partial charge is 0.455 e. The van der Waals surface area contributed by atoms with Gasteiger partial charge in [0.15, 0.2) is 0 Å². The summed E-state index contributed by atoms with van der Waals surface area (Å²) in [5.41, 5.74) is 11.6. The van der Waals surface area contributed by atoms with Gasteiger partial charge >= 0.3 is 0 Å². The molecule has 45 heavy (non-hydrogen) atoms. The van der Waals surface area contributed by atoms with E-state index in [1.165, 1.54) is 0 Å². The van der Waals surface area contributed by atoms with Crippen molar-refractivity contribution in [1.29, 1.82) is 0 Å². The highest BCUT2D eigenvalue weighted by molar-refractivity contribution is 6.10. The van der Waals surface area contributed by atoms with Crippen LogP contribution < -0.4 is 0 Å². The van der Waals surface area contributed by atoms with Gasteiger partial charge in [-0.25, -0.2) is 0 Å². The molecule has 0 bridgehead atoms. The number of aromatic nitrogens is 2. The topological polar surface area (TPSA) is 52.1 Å². The fourth-order valence-electron chi connectivity index (χ4n) is 5.51. The second-order valence-electron chi connectivity index (χ2n) is 11.0. The molecule has 0 N–H and O–H groups in total. The van der Waals surface area contributed by atoms with Gasteiger partial charge in [0.1, 0.15) is 22.3 Å². The van der Waals surface area contributed by atoms with Gasteiger partial charge in [0, 0.05) is 45.1 Å². The summed E-state index contributed by atoms with van der Waals surface area (Å²) in [4.78, 5) is 9.14. The highest BCUT2D eigenvalue weighted by Gasteiger charge is 2.13. The summed E-state index contributed by atoms with van der Waals surface area (Å²) >= 11 is 0. The van der Waals surface area contributed by atoms with Crippen molar-refractivity contribution >= 4 is 55.0 Å². The molecule has 0 aliphatic heterocycles. The molecule has 0 aliphatic carbocycles. The maximum Gasteiger partial charge on any atom is 0.144 e. The number of benzene rings is 4. The number of hydrogen-bond donors (Lipinski definition) is 0. The van der Waals surface area contributed by atoms with Crippen molar-refractivity contribution < 1.29 is 8.83 Å². The number of fused-ring (bicyclic) bond motifs is 6. The maximum atomic E-state index is 6.06. The van der Waals surface area contributed by atoms with Crippen LogP contribution in [0.25, 0.3) is 77.5 Å². The van der Waals surface area contributed by atoms with Crippen LogP contribution in [0.2, 0.25) is 0 Å². The van der Waals surface area contributed by atoms with E-state index >= 15 is 0 Å². The molecular weight excluding hydrogens is 552 g/mol. The summed E-state index contributed by atoms with van der Waals surface area (Å²) in [6.45, 7) is 11.9. The normalized spacial score (nSPS) is 10.9. The van der Waals surface area contributed by atoms with Gasteiger partial charge < -0.3 is 8.83 Å². The Hall–Kier alpha value is -5.74. The van der Waals surface area contributed by atoms with Crippen LogP contribution >= 0.6 is 0 Å². The van der Waals surface area contributed by atoms with Crippen molar-refractivity contribution in [3.05, 3.63) is 146 Å². The molecule has 0 saturated carbocycles. The van der Waals surface area contributed by atoms with Crippen LogP contribution in [0.1, 0.15) is 32.4 Å². The fourth-order valence-corrected chi connectivity index (χ4v) is 5.51. The third-order valence-corrected chi connectivity index (χ3v) is 7.87. The van der Waals surface area contributed by atoms with E-state index in [0.29, 0.717) is 0 Å². The third-order valence-electron chi connectivity index (χ3n) is 7.87. The van der Waals surface area contributed by atoms with E-state index in [-0.39, 0.29) is 7.43 Å². The Labute approximate surface area is 263 Å². The Morgan fingerprint density at radius 1 is 0.489 bits per heavy atom. The summed E-state index contributed by atoms with van der Waals surface area (Å²) in [6, 6.07) is 36.7. The highest BCUT2D eigenvalue weighted by Crippen LogP contribution is 2.36. The molecule has 0 atom stereocenters. The van der Waals surface area contributed by atoms with Gasteiger partial charge in [0.2, 0.25) is 0 Å². The molecule has 0 amide bonds. The van der Waals surface area contributed by atoms with Gasteiger partial charge in [-0.3, -0.25) is 9.97 Å². The first kappa shape index (κ1) is 29.3. The lowest BCUT2D eigenvalue weighted by molar-refractivity contribution is 0.669. The molecule has 0 spiro atoms. The van der Waals surface area contributed by atoms with Crippen LogP contribution in [0.15, 0.2) is 144 Å². The zero-order valence-electron chi connectivity index (χ0n) is 24.7. The first-order valence-corrected chi connectivity index (χ1v) is 14.5. The molecule has 4 aromatic heterocycles. The van der Waals surface area contributed by atoms with Crippen molar-refractivity contribution in [2.24, 2.45) is 0 Å². The zero-order chi connectivity index (χ0) is 30.2. The van der Waals surface area contributed by atoms with E-state index in [9.17, 15) is 0 Å². The van der Waals surface area contributed by atoms with Gasteiger partial charge in [-0.1, -0.05) is 93.4 Å². The van der Waals surface area contributed by atoms with Crippen molar-refractivity contribution in [2.75, 3.05) is 0 Å². The van der Waals surface area contributed by atoms with Gasteiger partial charge in [-0.05, 0) is 72.5 Å². The predicted molar refractivity (Wildman–Crippen MR) is 190 cm³/mol. The van der Waals surface area contributed by atoms with Crippen molar-refractivity contribution in [3.63, 3.8) is 0 Å². The Bertz CT molecular complexity index is 2150. The molecule has 0 saturated heterocycles. The Balaban J connectivity index is 0.000000155. The first-order valence-electron chi connectivity index (χ1n) is 14.5. The number of allylic oxidation sites excluding steroid dienone is 2. The van der Waals surface area contributed by atoms with Crippen LogP contribution in [0, 0.1) is 0 Å². The molecule has 0 aliphatic rings. The van der Waals surface area contributed by atoms with Gasteiger partial charge in [0.25, 0.3) is 0 Å². The SMILES string of the molecule is C.C=C(C)c1ccc(-c2cccc3c2oc2ccccc23)nc1.C=C(C)c1ccc(-c2cccc3c2oc2ccccc23)nc1. The molecule has 0 unspecified atom stereocenters. The van der Waals surface area contributed by atoms with Crippen LogP contribution in [0.4, 0.5) is 0 Å². The van der Waals surface area contributed by atoms with E-state index in [2.05, 4.69) is 47.4 Å². The molecule has 8 rings (SSSR count). The third kappa shape index (κ3) is 5.43. The number of pyridine rings is 2.